The molecule has 0 aromatic rings. The maximum Gasteiger partial charge on any atom is 0.0390 e. The van der Waals surface area contributed by atoms with E-state index in [2.05, 4.69) is 32.3 Å². The molecule has 0 saturated carbocycles. The molecular formula is C10H19NO. The van der Waals surface area contributed by atoms with Gasteiger partial charge in [0.25, 0.3) is 0 Å². The van der Waals surface area contributed by atoms with Crippen LogP contribution in [0.1, 0.15) is 33.6 Å². The van der Waals surface area contributed by atoms with Crippen LogP contribution < -0.4 is 5.48 Å². The van der Waals surface area contributed by atoms with E-state index in [1.165, 1.54) is 11.1 Å². The summed E-state index contributed by atoms with van der Waals surface area (Å²) < 4.78 is 0. The van der Waals surface area contributed by atoms with Crippen molar-refractivity contribution in [3.63, 3.8) is 0 Å². The van der Waals surface area contributed by atoms with E-state index in [1.807, 2.05) is 6.08 Å². The molecule has 2 nitrogen and oxygen atoms in total. The summed E-state index contributed by atoms with van der Waals surface area (Å²) in [5, 5.41) is 8.32. The van der Waals surface area contributed by atoms with Gasteiger partial charge in [0.15, 0.2) is 0 Å². The third kappa shape index (κ3) is 7.51. The zero-order valence-corrected chi connectivity index (χ0v) is 8.22. The first-order valence-electron chi connectivity index (χ1n) is 4.32. The lowest BCUT2D eigenvalue weighted by Crippen LogP contribution is -2.05. The van der Waals surface area contributed by atoms with Crippen LogP contribution in [0.2, 0.25) is 0 Å². The van der Waals surface area contributed by atoms with E-state index < -0.39 is 0 Å². The minimum Gasteiger partial charge on any atom is -0.317 e. The van der Waals surface area contributed by atoms with Gasteiger partial charge in [-0.25, -0.2) is 5.48 Å². The van der Waals surface area contributed by atoms with E-state index in [-0.39, 0.29) is 0 Å². The zero-order chi connectivity index (χ0) is 9.40. The van der Waals surface area contributed by atoms with Crippen LogP contribution in [0.4, 0.5) is 0 Å². The van der Waals surface area contributed by atoms with Crippen molar-refractivity contribution in [2.24, 2.45) is 0 Å². The predicted molar refractivity (Wildman–Crippen MR) is 52.2 cm³/mol. The molecule has 0 atom stereocenters. The van der Waals surface area contributed by atoms with Gasteiger partial charge in [0, 0.05) is 6.54 Å². The molecule has 70 valence electrons. The smallest absolute Gasteiger partial charge is 0.0390 e. The first-order valence-corrected chi connectivity index (χ1v) is 4.32. The lowest BCUT2D eigenvalue weighted by molar-refractivity contribution is 0.179. The van der Waals surface area contributed by atoms with Crippen molar-refractivity contribution in [3.05, 3.63) is 23.3 Å². The number of hydroxylamine groups is 1. The Kier molecular flexibility index (Phi) is 6.72. The molecule has 0 aromatic heterocycles. The van der Waals surface area contributed by atoms with E-state index in [9.17, 15) is 0 Å². The summed E-state index contributed by atoms with van der Waals surface area (Å²) in [5.41, 5.74) is 4.78. The summed E-state index contributed by atoms with van der Waals surface area (Å²) in [6.45, 7) is 6.83. The van der Waals surface area contributed by atoms with Crippen molar-refractivity contribution >= 4 is 0 Å². The topological polar surface area (TPSA) is 32.3 Å². The summed E-state index contributed by atoms with van der Waals surface area (Å²) in [4.78, 5) is 0. The Balaban J connectivity index is 3.56. The number of hydrogen-bond acceptors (Lipinski definition) is 2. The van der Waals surface area contributed by atoms with Crippen LogP contribution in [0.15, 0.2) is 23.3 Å². The van der Waals surface area contributed by atoms with Gasteiger partial charge >= 0.3 is 0 Å². The van der Waals surface area contributed by atoms with Crippen LogP contribution in [0, 0.1) is 0 Å². The maximum atomic E-state index is 8.32. The van der Waals surface area contributed by atoms with Gasteiger partial charge in [-0.05, 0) is 33.6 Å². The molecule has 0 radical (unpaired) electrons. The Bertz CT molecular complexity index is 167. The summed E-state index contributed by atoms with van der Waals surface area (Å²) >= 11 is 0. The lowest BCUT2D eigenvalue weighted by atomic mass is 10.1. The second-order valence-electron chi connectivity index (χ2n) is 3.23. The molecule has 0 aliphatic rings. The Labute approximate surface area is 74.9 Å². The van der Waals surface area contributed by atoms with Crippen molar-refractivity contribution in [3.8, 4) is 0 Å². The molecule has 0 unspecified atom stereocenters. The van der Waals surface area contributed by atoms with Crippen LogP contribution in [-0.4, -0.2) is 11.8 Å². The molecule has 0 aliphatic carbocycles. The fourth-order valence-corrected chi connectivity index (χ4v) is 0.910. The number of rotatable bonds is 5. The van der Waals surface area contributed by atoms with Crippen molar-refractivity contribution in [1.82, 2.24) is 5.48 Å². The van der Waals surface area contributed by atoms with Crippen LogP contribution in [0.25, 0.3) is 0 Å². The minimum atomic E-state index is 0.542. The SMILES string of the molecule is CC(C)=CCC/C(C)=C\CNO. The summed E-state index contributed by atoms with van der Waals surface area (Å²) in [6, 6.07) is 0. The lowest BCUT2D eigenvalue weighted by Gasteiger charge is -1.98. The number of hydrogen-bond donors (Lipinski definition) is 2. The number of nitrogens with one attached hydrogen (secondary N) is 1. The van der Waals surface area contributed by atoms with Gasteiger partial charge in [0.05, 0.1) is 0 Å². The van der Waals surface area contributed by atoms with Crippen molar-refractivity contribution in [2.75, 3.05) is 6.54 Å². The highest BCUT2D eigenvalue weighted by Crippen LogP contribution is 2.05. The number of allylic oxidation sites excluding steroid dienone is 3. The van der Waals surface area contributed by atoms with Gasteiger partial charge in [-0.2, -0.15) is 0 Å². The van der Waals surface area contributed by atoms with E-state index in [1.54, 1.807) is 0 Å². The minimum absolute atomic E-state index is 0.542. The third-order valence-electron chi connectivity index (χ3n) is 1.63. The second kappa shape index (κ2) is 7.07. The van der Waals surface area contributed by atoms with E-state index in [0.717, 1.165) is 12.8 Å². The molecule has 0 rings (SSSR count). The van der Waals surface area contributed by atoms with Crippen LogP contribution >= 0.6 is 0 Å². The zero-order valence-electron chi connectivity index (χ0n) is 8.22. The van der Waals surface area contributed by atoms with Crippen molar-refractivity contribution in [2.45, 2.75) is 33.6 Å². The van der Waals surface area contributed by atoms with Crippen molar-refractivity contribution in [1.29, 1.82) is 0 Å². The van der Waals surface area contributed by atoms with Crippen LogP contribution in [0.5, 0.6) is 0 Å². The monoisotopic (exact) mass is 169 g/mol. The summed E-state index contributed by atoms with van der Waals surface area (Å²) in [7, 11) is 0. The normalized spacial score (nSPS) is 11.5. The highest BCUT2D eigenvalue weighted by atomic mass is 16.5. The third-order valence-corrected chi connectivity index (χ3v) is 1.63. The van der Waals surface area contributed by atoms with Gasteiger partial charge < -0.3 is 5.21 Å². The fraction of sp³-hybridized carbons (Fsp3) is 0.600. The average molecular weight is 169 g/mol. The molecule has 0 saturated heterocycles. The first-order chi connectivity index (χ1) is 5.66. The Hall–Kier alpha value is -0.600. The molecule has 0 spiro atoms. The molecule has 2 N–H and O–H groups in total. The molecule has 0 heterocycles. The second-order valence-corrected chi connectivity index (χ2v) is 3.23. The molecule has 2 heteroatoms. The molecule has 0 bridgehead atoms. The quantitative estimate of drug-likeness (QED) is 0.490. The summed E-state index contributed by atoms with van der Waals surface area (Å²) in [6.07, 6.45) is 6.39. The molecule has 12 heavy (non-hydrogen) atoms. The maximum absolute atomic E-state index is 8.32. The Morgan fingerprint density at radius 2 is 1.92 bits per heavy atom. The largest absolute Gasteiger partial charge is 0.317 e. The van der Waals surface area contributed by atoms with Gasteiger partial charge in [-0.3, -0.25) is 0 Å². The standard InChI is InChI=1S/C10H19NO/c1-9(2)5-4-6-10(3)7-8-11-12/h5,7,11-12H,4,6,8H2,1-3H3/b10-7-. The van der Waals surface area contributed by atoms with Gasteiger partial charge in [-0.1, -0.05) is 23.3 Å². The molecule has 0 fully saturated rings. The van der Waals surface area contributed by atoms with E-state index >= 15 is 0 Å². The van der Waals surface area contributed by atoms with E-state index in [0.29, 0.717) is 6.54 Å². The average Bonchev–Trinajstić information content (AvgIpc) is 2.00. The first kappa shape index (κ1) is 11.4. The predicted octanol–water partition coefficient (Wildman–Crippen LogP) is 2.66. The Morgan fingerprint density at radius 3 is 2.42 bits per heavy atom. The highest BCUT2D eigenvalue weighted by molar-refractivity contribution is 5.02. The Morgan fingerprint density at radius 1 is 1.25 bits per heavy atom. The van der Waals surface area contributed by atoms with Gasteiger partial charge in [-0.15, -0.1) is 0 Å². The summed E-state index contributed by atoms with van der Waals surface area (Å²) in [5.74, 6) is 0. The van der Waals surface area contributed by atoms with Crippen molar-refractivity contribution < 1.29 is 5.21 Å². The highest BCUT2D eigenvalue weighted by Gasteiger charge is 1.87. The molecular weight excluding hydrogens is 150 g/mol. The molecule has 0 aromatic carbocycles. The fourth-order valence-electron chi connectivity index (χ4n) is 0.910. The molecule has 0 aliphatic heterocycles. The molecule has 0 amide bonds. The van der Waals surface area contributed by atoms with Crippen LogP contribution in [-0.2, 0) is 0 Å². The van der Waals surface area contributed by atoms with Crippen LogP contribution in [0.3, 0.4) is 0 Å². The van der Waals surface area contributed by atoms with Gasteiger partial charge in [0.1, 0.15) is 0 Å². The van der Waals surface area contributed by atoms with Gasteiger partial charge in [0.2, 0.25) is 0 Å². The van der Waals surface area contributed by atoms with E-state index in [4.69, 9.17) is 5.21 Å².